The van der Waals surface area contributed by atoms with Crippen LogP contribution in [0, 0.1) is 0 Å². The van der Waals surface area contributed by atoms with Gasteiger partial charge in [-0.25, -0.2) is 0 Å². The quantitative estimate of drug-likeness (QED) is 0.505. The number of carbonyl (C=O) groups excluding carboxylic acids is 1. The van der Waals surface area contributed by atoms with Crippen LogP contribution in [0.25, 0.3) is 10.7 Å². The van der Waals surface area contributed by atoms with Crippen molar-refractivity contribution in [2.45, 2.75) is 43.9 Å². The molecule has 0 N–H and O–H groups in total. The normalized spacial score (nSPS) is 13.6. The monoisotopic (exact) mass is 412 g/mol. The zero-order chi connectivity index (χ0) is 19.5. The third-order valence-electron chi connectivity index (χ3n) is 4.92. The number of thioether (sulfide) groups is 1. The molecule has 2 heterocycles. The van der Waals surface area contributed by atoms with Crippen molar-refractivity contribution >= 4 is 29.0 Å². The maximum absolute atomic E-state index is 12.6. The smallest absolute Gasteiger partial charge is 0.233 e. The molecule has 1 aromatic carbocycles. The molecule has 1 amide bonds. The maximum Gasteiger partial charge on any atom is 0.233 e. The van der Waals surface area contributed by atoms with E-state index in [4.69, 9.17) is 0 Å². The second kappa shape index (κ2) is 8.49. The number of carbonyl (C=O) groups is 1. The van der Waals surface area contributed by atoms with Gasteiger partial charge in [0.1, 0.15) is 0 Å². The van der Waals surface area contributed by atoms with Crippen molar-refractivity contribution in [2.24, 2.45) is 0 Å². The molecular weight excluding hydrogens is 388 g/mol. The second-order valence-corrected chi connectivity index (χ2v) is 8.98. The van der Waals surface area contributed by atoms with Gasteiger partial charge in [0.25, 0.3) is 0 Å². The van der Waals surface area contributed by atoms with E-state index in [1.807, 2.05) is 13.1 Å². The average molecular weight is 413 g/mol. The molecule has 1 fully saturated rings. The van der Waals surface area contributed by atoms with Gasteiger partial charge in [0.2, 0.25) is 5.91 Å². The van der Waals surface area contributed by atoms with Crippen LogP contribution in [0.3, 0.4) is 0 Å². The van der Waals surface area contributed by atoms with Crippen LogP contribution in [0.2, 0.25) is 0 Å². The number of amides is 1. The molecule has 1 saturated carbocycles. The Morgan fingerprint density at radius 1 is 1.21 bits per heavy atom. The summed E-state index contributed by atoms with van der Waals surface area (Å²) in [7, 11) is 1.86. The number of hydrogen-bond donors (Lipinski definition) is 0. The first-order valence-electron chi connectivity index (χ1n) is 9.59. The zero-order valence-electron chi connectivity index (χ0n) is 16.2. The van der Waals surface area contributed by atoms with Crippen LogP contribution in [-0.2, 0) is 17.8 Å². The van der Waals surface area contributed by atoms with Crippen LogP contribution >= 0.6 is 23.1 Å². The molecule has 28 heavy (non-hydrogen) atoms. The van der Waals surface area contributed by atoms with Gasteiger partial charge in [-0.3, -0.25) is 9.36 Å². The van der Waals surface area contributed by atoms with Crippen molar-refractivity contribution < 1.29 is 4.79 Å². The molecule has 146 valence electrons. The minimum absolute atomic E-state index is 0.104. The highest BCUT2D eigenvalue weighted by atomic mass is 32.2. The molecule has 1 aliphatic rings. The van der Waals surface area contributed by atoms with Crippen LogP contribution in [-0.4, -0.2) is 38.4 Å². The summed E-state index contributed by atoms with van der Waals surface area (Å²) in [6.07, 6.45) is 3.35. The predicted molar refractivity (Wildman–Crippen MR) is 115 cm³/mol. The molecular formula is C21H24N4OS2. The third-order valence-corrected chi connectivity index (χ3v) is 6.71. The van der Waals surface area contributed by atoms with Crippen molar-refractivity contribution in [1.29, 1.82) is 0 Å². The van der Waals surface area contributed by atoms with E-state index in [-0.39, 0.29) is 5.91 Å². The summed E-state index contributed by atoms with van der Waals surface area (Å²) >= 11 is 3.16. The Labute approximate surface area is 173 Å². The van der Waals surface area contributed by atoms with Crippen LogP contribution in [0.5, 0.6) is 0 Å². The number of hydrogen-bond acceptors (Lipinski definition) is 5. The lowest BCUT2D eigenvalue weighted by atomic mass is 10.1. The van der Waals surface area contributed by atoms with Gasteiger partial charge in [-0.2, -0.15) is 0 Å². The van der Waals surface area contributed by atoms with E-state index in [2.05, 4.69) is 57.4 Å². The number of thiophene rings is 1. The summed E-state index contributed by atoms with van der Waals surface area (Å²) in [4.78, 5) is 15.5. The van der Waals surface area contributed by atoms with Gasteiger partial charge in [0.15, 0.2) is 11.0 Å². The van der Waals surface area contributed by atoms with Crippen LogP contribution in [0.15, 0.2) is 46.9 Å². The fourth-order valence-electron chi connectivity index (χ4n) is 3.09. The van der Waals surface area contributed by atoms with Crippen molar-refractivity contribution in [2.75, 3.05) is 12.8 Å². The highest BCUT2D eigenvalue weighted by Gasteiger charge is 2.30. The van der Waals surface area contributed by atoms with Gasteiger partial charge in [0, 0.05) is 19.6 Å². The molecule has 2 aromatic heterocycles. The first-order valence-corrected chi connectivity index (χ1v) is 11.5. The average Bonchev–Trinajstić information content (AvgIpc) is 3.24. The summed E-state index contributed by atoms with van der Waals surface area (Å²) in [5.41, 5.74) is 2.47. The Balaban J connectivity index is 1.39. The molecule has 0 aliphatic heterocycles. The molecule has 0 atom stereocenters. The van der Waals surface area contributed by atoms with Gasteiger partial charge in [0.05, 0.1) is 10.6 Å². The van der Waals surface area contributed by atoms with Crippen molar-refractivity contribution in [3.05, 3.63) is 52.9 Å². The summed E-state index contributed by atoms with van der Waals surface area (Å²) in [5, 5.41) is 11.7. The van der Waals surface area contributed by atoms with Gasteiger partial charge in [-0.05, 0) is 41.8 Å². The Morgan fingerprint density at radius 2 is 1.96 bits per heavy atom. The molecule has 7 heteroatoms. The topological polar surface area (TPSA) is 51.0 Å². The van der Waals surface area contributed by atoms with E-state index in [1.54, 1.807) is 16.2 Å². The number of aryl methyl sites for hydroxylation is 1. The van der Waals surface area contributed by atoms with Gasteiger partial charge in [-0.15, -0.1) is 21.5 Å². The molecule has 0 spiro atoms. The Bertz CT molecular complexity index is 930. The molecule has 5 nitrogen and oxygen atoms in total. The molecule has 0 bridgehead atoms. The summed E-state index contributed by atoms with van der Waals surface area (Å²) in [6.45, 7) is 2.77. The lowest BCUT2D eigenvalue weighted by Gasteiger charge is -2.17. The number of aromatic nitrogens is 3. The van der Waals surface area contributed by atoms with E-state index in [9.17, 15) is 4.79 Å². The van der Waals surface area contributed by atoms with Crippen molar-refractivity contribution in [3.63, 3.8) is 0 Å². The Morgan fingerprint density at radius 3 is 2.61 bits per heavy atom. The van der Waals surface area contributed by atoms with Crippen LogP contribution < -0.4 is 0 Å². The SMILES string of the molecule is CCc1ccc(CN(C)C(=O)CSc2nnc(-c3cccs3)n2C2CC2)cc1. The summed E-state index contributed by atoms with van der Waals surface area (Å²) < 4.78 is 2.22. The van der Waals surface area contributed by atoms with E-state index in [0.717, 1.165) is 40.7 Å². The first kappa shape index (κ1) is 19.2. The van der Waals surface area contributed by atoms with E-state index >= 15 is 0 Å². The minimum atomic E-state index is 0.104. The van der Waals surface area contributed by atoms with E-state index in [0.29, 0.717) is 18.3 Å². The largest absolute Gasteiger partial charge is 0.341 e. The van der Waals surface area contributed by atoms with E-state index in [1.165, 1.54) is 17.3 Å². The number of benzene rings is 1. The fraction of sp³-hybridized carbons (Fsp3) is 0.381. The standard InChI is InChI=1S/C21H24N4OS2/c1-3-15-6-8-16(9-7-15)13-24(2)19(26)14-28-21-23-22-20(18-5-4-12-27-18)25(21)17-10-11-17/h4-9,12,17H,3,10-11,13-14H2,1-2H3. The summed E-state index contributed by atoms with van der Waals surface area (Å²) in [5.74, 6) is 1.41. The minimum Gasteiger partial charge on any atom is -0.341 e. The van der Waals surface area contributed by atoms with Crippen LogP contribution in [0.4, 0.5) is 0 Å². The molecule has 0 unspecified atom stereocenters. The highest BCUT2D eigenvalue weighted by molar-refractivity contribution is 7.99. The molecule has 1 aliphatic carbocycles. The predicted octanol–water partition coefficient (Wildman–Crippen LogP) is 4.65. The fourth-order valence-corrected chi connectivity index (χ4v) is 4.74. The highest BCUT2D eigenvalue weighted by Crippen LogP contribution is 2.41. The van der Waals surface area contributed by atoms with Crippen molar-refractivity contribution in [1.82, 2.24) is 19.7 Å². The first-order chi connectivity index (χ1) is 13.7. The van der Waals surface area contributed by atoms with Crippen LogP contribution in [0.1, 0.15) is 36.9 Å². The number of rotatable bonds is 8. The molecule has 0 saturated heterocycles. The van der Waals surface area contributed by atoms with Gasteiger partial charge >= 0.3 is 0 Å². The summed E-state index contributed by atoms with van der Waals surface area (Å²) in [6, 6.07) is 13.0. The van der Waals surface area contributed by atoms with Crippen molar-refractivity contribution in [3.8, 4) is 10.7 Å². The number of nitrogens with zero attached hydrogens (tertiary/aromatic N) is 4. The lowest BCUT2D eigenvalue weighted by Crippen LogP contribution is -2.27. The zero-order valence-corrected chi connectivity index (χ0v) is 17.8. The van der Waals surface area contributed by atoms with E-state index < -0.39 is 0 Å². The molecule has 0 radical (unpaired) electrons. The van der Waals surface area contributed by atoms with Gasteiger partial charge < -0.3 is 4.90 Å². The second-order valence-electron chi connectivity index (χ2n) is 7.09. The third kappa shape index (κ3) is 4.31. The maximum atomic E-state index is 12.6. The molecule has 4 rings (SSSR count). The molecule has 3 aromatic rings. The lowest BCUT2D eigenvalue weighted by molar-refractivity contribution is -0.127. The Hall–Kier alpha value is -2.12. The van der Waals surface area contributed by atoms with Gasteiger partial charge in [-0.1, -0.05) is 49.0 Å². The Kier molecular flexibility index (Phi) is 5.82.